The molecule has 0 radical (unpaired) electrons. The Kier molecular flexibility index (Phi) is 2.27. The predicted molar refractivity (Wildman–Crippen MR) is 57.0 cm³/mol. The molecular weight excluding hydrogens is 176 g/mol. The van der Waals surface area contributed by atoms with Gasteiger partial charge in [-0.3, -0.25) is 0 Å². The number of anilines is 2. The molecule has 2 unspecified atom stereocenters. The molecule has 1 fully saturated rings. The van der Waals surface area contributed by atoms with Crippen molar-refractivity contribution in [2.45, 2.75) is 32.7 Å². The molecule has 0 spiro atoms. The van der Waals surface area contributed by atoms with E-state index >= 15 is 0 Å². The van der Waals surface area contributed by atoms with Crippen LogP contribution in [0.15, 0.2) is 6.07 Å². The van der Waals surface area contributed by atoms with E-state index in [0.717, 1.165) is 24.0 Å². The Bertz CT molecular complexity index is 337. The van der Waals surface area contributed by atoms with E-state index in [2.05, 4.69) is 22.2 Å². The first kappa shape index (κ1) is 9.24. The molecule has 1 aromatic heterocycles. The number of aryl methyl sites for hydroxylation is 1. The molecule has 4 heteroatoms. The lowest BCUT2D eigenvalue weighted by atomic mass is 10.4. The van der Waals surface area contributed by atoms with E-state index in [1.165, 1.54) is 6.42 Å². The van der Waals surface area contributed by atoms with E-state index in [4.69, 9.17) is 5.73 Å². The zero-order valence-corrected chi connectivity index (χ0v) is 8.62. The summed E-state index contributed by atoms with van der Waals surface area (Å²) < 4.78 is 0. The number of hydrogen-bond acceptors (Lipinski definition) is 4. The van der Waals surface area contributed by atoms with Gasteiger partial charge in [-0.2, -0.15) is 0 Å². The molecule has 1 aromatic rings. The first-order chi connectivity index (χ1) is 6.69. The molecule has 2 rings (SSSR count). The summed E-state index contributed by atoms with van der Waals surface area (Å²) in [5.74, 6) is 2.98. The molecule has 3 N–H and O–H groups in total. The van der Waals surface area contributed by atoms with Gasteiger partial charge in [0.05, 0.1) is 0 Å². The van der Waals surface area contributed by atoms with Crippen molar-refractivity contribution >= 4 is 11.6 Å². The number of rotatable bonds is 3. The third-order valence-corrected chi connectivity index (χ3v) is 2.55. The molecule has 0 aliphatic heterocycles. The van der Waals surface area contributed by atoms with Crippen molar-refractivity contribution in [3.63, 3.8) is 0 Å². The molecule has 1 heterocycles. The minimum absolute atomic E-state index is 0.549. The van der Waals surface area contributed by atoms with Crippen LogP contribution in [-0.4, -0.2) is 16.0 Å². The van der Waals surface area contributed by atoms with Gasteiger partial charge in [0.1, 0.15) is 17.5 Å². The minimum atomic E-state index is 0.549. The molecule has 2 atom stereocenters. The minimum Gasteiger partial charge on any atom is -0.384 e. The van der Waals surface area contributed by atoms with Gasteiger partial charge < -0.3 is 11.1 Å². The second-order valence-electron chi connectivity index (χ2n) is 3.91. The summed E-state index contributed by atoms with van der Waals surface area (Å²) in [4.78, 5) is 8.49. The molecule has 1 aliphatic carbocycles. The van der Waals surface area contributed by atoms with Gasteiger partial charge in [-0.1, -0.05) is 13.8 Å². The van der Waals surface area contributed by atoms with Gasteiger partial charge in [-0.05, 0) is 12.3 Å². The van der Waals surface area contributed by atoms with Gasteiger partial charge in [0.2, 0.25) is 0 Å². The van der Waals surface area contributed by atoms with Gasteiger partial charge in [-0.15, -0.1) is 0 Å². The van der Waals surface area contributed by atoms with Crippen LogP contribution in [0.1, 0.15) is 26.1 Å². The molecule has 0 bridgehead atoms. The lowest BCUT2D eigenvalue weighted by Crippen LogP contribution is -2.08. The summed E-state index contributed by atoms with van der Waals surface area (Å²) in [6.45, 7) is 4.25. The number of hydrogen-bond donors (Lipinski definition) is 2. The van der Waals surface area contributed by atoms with Crippen LogP contribution < -0.4 is 11.1 Å². The summed E-state index contributed by atoms with van der Waals surface area (Å²) in [6, 6.07) is 2.37. The molecule has 0 saturated heterocycles. The molecule has 14 heavy (non-hydrogen) atoms. The molecule has 0 aromatic carbocycles. The Hall–Kier alpha value is -1.32. The van der Waals surface area contributed by atoms with Gasteiger partial charge in [0.15, 0.2) is 0 Å². The summed E-state index contributed by atoms with van der Waals surface area (Å²) in [7, 11) is 0. The fourth-order valence-electron chi connectivity index (χ4n) is 1.46. The second-order valence-corrected chi connectivity index (χ2v) is 3.91. The SMILES string of the molecule is CCc1nc(N)cc(NC2CC2C)n1. The number of aromatic nitrogens is 2. The highest BCUT2D eigenvalue weighted by Crippen LogP contribution is 2.32. The van der Waals surface area contributed by atoms with Gasteiger partial charge in [0.25, 0.3) is 0 Å². The Balaban J connectivity index is 2.12. The third kappa shape index (κ3) is 1.95. The summed E-state index contributed by atoms with van der Waals surface area (Å²) in [5.41, 5.74) is 5.67. The number of nitrogens with one attached hydrogen (secondary N) is 1. The van der Waals surface area contributed by atoms with Crippen LogP contribution in [0.3, 0.4) is 0 Å². The number of nitrogen functional groups attached to an aromatic ring is 1. The lowest BCUT2D eigenvalue weighted by molar-refractivity contribution is 0.903. The van der Waals surface area contributed by atoms with Crippen molar-refractivity contribution in [2.75, 3.05) is 11.1 Å². The first-order valence-electron chi connectivity index (χ1n) is 5.09. The van der Waals surface area contributed by atoms with E-state index in [0.29, 0.717) is 11.9 Å². The standard InChI is InChI=1S/C10H16N4/c1-3-9-13-8(11)5-10(14-9)12-7-4-6(7)2/h5-7H,3-4H2,1-2H3,(H3,11,12,13,14). The topological polar surface area (TPSA) is 63.8 Å². The number of nitrogens with zero attached hydrogens (tertiary/aromatic N) is 2. The van der Waals surface area contributed by atoms with Crippen molar-refractivity contribution in [3.05, 3.63) is 11.9 Å². The molecular formula is C10H16N4. The molecule has 1 aliphatic rings. The van der Waals surface area contributed by atoms with Crippen LogP contribution in [-0.2, 0) is 6.42 Å². The van der Waals surface area contributed by atoms with Crippen LogP contribution in [0.2, 0.25) is 0 Å². The highest BCUT2D eigenvalue weighted by molar-refractivity contribution is 5.46. The quantitative estimate of drug-likeness (QED) is 0.760. The maximum atomic E-state index is 5.67. The highest BCUT2D eigenvalue weighted by atomic mass is 15.1. The van der Waals surface area contributed by atoms with E-state index in [-0.39, 0.29) is 0 Å². The van der Waals surface area contributed by atoms with E-state index in [9.17, 15) is 0 Å². The van der Waals surface area contributed by atoms with Crippen molar-refractivity contribution in [2.24, 2.45) is 5.92 Å². The fourth-order valence-corrected chi connectivity index (χ4v) is 1.46. The van der Waals surface area contributed by atoms with Crippen LogP contribution in [0.5, 0.6) is 0 Å². The van der Waals surface area contributed by atoms with Crippen molar-refractivity contribution in [3.8, 4) is 0 Å². The highest BCUT2D eigenvalue weighted by Gasteiger charge is 2.32. The van der Waals surface area contributed by atoms with Gasteiger partial charge in [-0.25, -0.2) is 9.97 Å². The monoisotopic (exact) mass is 192 g/mol. The Labute approximate surface area is 83.9 Å². The summed E-state index contributed by atoms with van der Waals surface area (Å²) in [6.07, 6.45) is 2.05. The maximum Gasteiger partial charge on any atom is 0.132 e. The molecule has 76 valence electrons. The zero-order valence-electron chi connectivity index (χ0n) is 8.62. The Morgan fingerprint density at radius 1 is 1.57 bits per heavy atom. The fraction of sp³-hybridized carbons (Fsp3) is 0.600. The van der Waals surface area contributed by atoms with Crippen LogP contribution in [0.4, 0.5) is 11.6 Å². The molecule has 1 saturated carbocycles. The molecule has 0 amide bonds. The Morgan fingerprint density at radius 3 is 2.86 bits per heavy atom. The first-order valence-corrected chi connectivity index (χ1v) is 5.09. The predicted octanol–water partition coefficient (Wildman–Crippen LogP) is 1.44. The summed E-state index contributed by atoms with van der Waals surface area (Å²) >= 11 is 0. The largest absolute Gasteiger partial charge is 0.384 e. The lowest BCUT2D eigenvalue weighted by Gasteiger charge is -2.06. The van der Waals surface area contributed by atoms with E-state index in [1.807, 2.05) is 6.92 Å². The average Bonchev–Trinajstić information content (AvgIpc) is 2.80. The Morgan fingerprint density at radius 2 is 2.29 bits per heavy atom. The summed E-state index contributed by atoms with van der Waals surface area (Å²) in [5, 5.41) is 3.35. The van der Waals surface area contributed by atoms with Crippen molar-refractivity contribution in [1.82, 2.24) is 9.97 Å². The molecule has 4 nitrogen and oxygen atoms in total. The second kappa shape index (κ2) is 3.44. The normalized spacial score (nSPS) is 24.7. The van der Waals surface area contributed by atoms with E-state index < -0.39 is 0 Å². The van der Waals surface area contributed by atoms with Crippen LogP contribution in [0, 0.1) is 5.92 Å². The smallest absolute Gasteiger partial charge is 0.132 e. The van der Waals surface area contributed by atoms with Crippen molar-refractivity contribution < 1.29 is 0 Å². The van der Waals surface area contributed by atoms with Gasteiger partial charge >= 0.3 is 0 Å². The zero-order chi connectivity index (χ0) is 10.1. The van der Waals surface area contributed by atoms with Crippen LogP contribution >= 0.6 is 0 Å². The average molecular weight is 192 g/mol. The number of nitrogens with two attached hydrogens (primary N) is 1. The van der Waals surface area contributed by atoms with E-state index in [1.54, 1.807) is 6.07 Å². The van der Waals surface area contributed by atoms with Crippen molar-refractivity contribution in [1.29, 1.82) is 0 Å². The van der Waals surface area contributed by atoms with Gasteiger partial charge in [0, 0.05) is 18.5 Å². The maximum absolute atomic E-state index is 5.67. The van der Waals surface area contributed by atoms with Crippen LogP contribution in [0.25, 0.3) is 0 Å². The third-order valence-electron chi connectivity index (χ3n) is 2.55.